The van der Waals surface area contributed by atoms with Gasteiger partial charge in [-0.1, -0.05) is 12.1 Å². The van der Waals surface area contributed by atoms with Crippen LogP contribution in [0.2, 0.25) is 5.28 Å². The summed E-state index contributed by atoms with van der Waals surface area (Å²) in [6.07, 6.45) is 1.73. The number of halogens is 1. The lowest BCUT2D eigenvalue weighted by Gasteiger charge is -2.07. The number of methoxy groups -OCH3 is 1. The third kappa shape index (κ3) is 2.62. The fourth-order valence-electron chi connectivity index (χ4n) is 2.18. The fourth-order valence-corrected chi connectivity index (χ4v) is 2.34. The van der Waals surface area contributed by atoms with Crippen molar-refractivity contribution >= 4 is 28.6 Å². The maximum atomic E-state index is 5.96. The molecule has 0 unspecified atom stereocenters. The molecule has 0 fully saturated rings. The third-order valence-electron chi connectivity index (χ3n) is 3.16. The molecule has 7 heteroatoms. The molecule has 0 bridgehead atoms. The fraction of sp³-hybridized carbons (Fsp3) is 0.214. The summed E-state index contributed by atoms with van der Waals surface area (Å²) in [7, 11) is 3.43. The van der Waals surface area contributed by atoms with Crippen LogP contribution in [0.4, 0.5) is 5.82 Å². The first kappa shape index (κ1) is 13.6. The molecule has 0 saturated carbocycles. The predicted octanol–water partition coefficient (Wildman–Crippen LogP) is 2.58. The highest BCUT2D eigenvalue weighted by Gasteiger charge is 2.12. The van der Waals surface area contributed by atoms with Crippen LogP contribution in [-0.4, -0.2) is 33.7 Å². The smallest absolute Gasteiger partial charge is 0.226 e. The largest absolute Gasteiger partial charge is 0.497 e. The van der Waals surface area contributed by atoms with E-state index in [4.69, 9.17) is 16.3 Å². The lowest BCUT2D eigenvalue weighted by molar-refractivity contribution is 0.414. The minimum atomic E-state index is 0.194. The molecule has 3 rings (SSSR count). The summed E-state index contributed by atoms with van der Waals surface area (Å²) in [5.41, 5.74) is 2.49. The van der Waals surface area contributed by atoms with Crippen molar-refractivity contribution in [2.45, 2.75) is 6.54 Å². The molecule has 6 nitrogen and oxygen atoms in total. The topological polar surface area (TPSA) is 64.9 Å². The minimum Gasteiger partial charge on any atom is -0.497 e. The Kier molecular flexibility index (Phi) is 3.62. The average molecular weight is 304 g/mol. The number of anilines is 1. The summed E-state index contributed by atoms with van der Waals surface area (Å²) < 4.78 is 7.16. The van der Waals surface area contributed by atoms with Gasteiger partial charge < -0.3 is 14.6 Å². The van der Waals surface area contributed by atoms with Crippen LogP contribution in [0.15, 0.2) is 30.6 Å². The molecule has 21 heavy (non-hydrogen) atoms. The van der Waals surface area contributed by atoms with Gasteiger partial charge in [0.1, 0.15) is 5.75 Å². The summed E-state index contributed by atoms with van der Waals surface area (Å²) >= 11 is 5.96. The first-order valence-corrected chi connectivity index (χ1v) is 6.78. The predicted molar refractivity (Wildman–Crippen MR) is 82.0 cm³/mol. The highest BCUT2D eigenvalue weighted by Crippen LogP contribution is 2.22. The van der Waals surface area contributed by atoms with E-state index in [2.05, 4.69) is 20.3 Å². The van der Waals surface area contributed by atoms with Crippen molar-refractivity contribution in [2.24, 2.45) is 0 Å². The van der Waals surface area contributed by atoms with Crippen LogP contribution in [0.3, 0.4) is 0 Å². The molecule has 0 aliphatic heterocycles. The Bertz CT molecular complexity index is 786. The molecule has 0 atom stereocenters. The van der Waals surface area contributed by atoms with Crippen LogP contribution < -0.4 is 10.1 Å². The SMILES string of the molecule is CNc1nc(Cl)nc2c1ncn2Cc1cccc(OC)c1. The zero-order valence-electron chi connectivity index (χ0n) is 11.7. The van der Waals surface area contributed by atoms with Gasteiger partial charge in [0.2, 0.25) is 5.28 Å². The van der Waals surface area contributed by atoms with Gasteiger partial charge in [-0.2, -0.15) is 9.97 Å². The van der Waals surface area contributed by atoms with E-state index in [1.807, 2.05) is 28.8 Å². The maximum absolute atomic E-state index is 5.96. The van der Waals surface area contributed by atoms with E-state index in [-0.39, 0.29) is 5.28 Å². The highest BCUT2D eigenvalue weighted by molar-refractivity contribution is 6.28. The molecule has 0 radical (unpaired) electrons. The molecule has 1 aromatic carbocycles. The second kappa shape index (κ2) is 5.57. The number of rotatable bonds is 4. The van der Waals surface area contributed by atoms with Gasteiger partial charge in [-0.3, -0.25) is 0 Å². The van der Waals surface area contributed by atoms with E-state index in [1.165, 1.54) is 0 Å². The van der Waals surface area contributed by atoms with E-state index < -0.39 is 0 Å². The molecule has 2 heterocycles. The molecule has 2 aromatic heterocycles. The van der Waals surface area contributed by atoms with Crippen LogP contribution in [0, 0.1) is 0 Å². The number of nitrogens with zero attached hydrogens (tertiary/aromatic N) is 4. The van der Waals surface area contributed by atoms with Crippen LogP contribution >= 0.6 is 11.6 Å². The Morgan fingerprint density at radius 3 is 2.95 bits per heavy atom. The van der Waals surface area contributed by atoms with Crippen molar-refractivity contribution < 1.29 is 4.74 Å². The van der Waals surface area contributed by atoms with Gasteiger partial charge in [-0.15, -0.1) is 0 Å². The Hall–Kier alpha value is -2.34. The Balaban J connectivity index is 2.02. The number of ether oxygens (including phenoxy) is 1. The number of aromatic nitrogens is 4. The lowest BCUT2D eigenvalue weighted by atomic mass is 10.2. The second-order valence-electron chi connectivity index (χ2n) is 4.49. The van der Waals surface area contributed by atoms with Gasteiger partial charge in [0, 0.05) is 7.05 Å². The average Bonchev–Trinajstić information content (AvgIpc) is 2.89. The molecule has 1 N–H and O–H groups in total. The van der Waals surface area contributed by atoms with Crippen LogP contribution in [0.5, 0.6) is 5.75 Å². The molecule has 0 saturated heterocycles. The van der Waals surface area contributed by atoms with Crippen molar-refractivity contribution in [3.05, 3.63) is 41.4 Å². The number of imidazole rings is 1. The van der Waals surface area contributed by atoms with Crippen molar-refractivity contribution in [3.63, 3.8) is 0 Å². The van der Waals surface area contributed by atoms with Crippen molar-refractivity contribution in [1.29, 1.82) is 0 Å². The van der Waals surface area contributed by atoms with Gasteiger partial charge in [0.15, 0.2) is 17.0 Å². The van der Waals surface area contributed by atoms with E-state index >= 15 is 0 Å². The van der Waals surface area contributed by atoms with E-state index in [1.54, 1.807) is 20.5 Å². The standard InChI is InChI=1S/C14H14ClN5O/c1-16-12-11-13(19-14(15)18-12)20(8-17-11)7-9-4-3-5-10(6-9)21-2/h3-6,8H,7H2,1-2H3,(H,16,18,19). The molecular weight excluding hydrogens is 290 g/mol. The van der Waals surface area contributed by atoms with Crippen molar-refractivity contribution in [2.75, 3.05) is 19.5 Å². The number of benzene rings is 1. The molecule has 0 aliphatic carbocycles. The van der Waals surface area contributed by atoms with E-state index in [0.717, 1.165) is 11.3 Å². The zero-order chi connectivity index (χ0) is 14.8. The molecule has 0 amide bonds. The Morgan fingerprint density at radius 1 is 1.33 bits per heavy atom. The van der Waals surface area contributed by atoms with E-state index in [9.17, 15) is 0 Å². The zero-order valence-corrected chi connectivity index (χ0v) is 12.4. The Labute approximate surface area is 126 Å². The number of fused-ring (bicyclic) bond motifs is 1. The molecule has 3 aromatic rings. The van der Waals surface area contributed by atoms with Gasteiger partial charge in [0.25, 0.3) is 0 Å². The van der Waals surface area contributed by atoms with Crippen LogP contribution in [-0.2, 0) is 6.54 Å². The summed E-state index contributed by atoms with van der Waals surface area (Å²) in [6.45, 7) is 0.629. The molecule has 0 spiro atoms. The van der Waals surface area contributed by atoms with Crippen LogP contribution in [0.1, 0.15) is 5.56 Å². The second-order valence-corrected chi connectivity index (χ2v) is 4.83. The summed E-state index contributed by atoms with van der Waals surface area (Å²) in [6, 6.07) is 7.87. The van der Waals surface area contributed by atoms with Gasteiger partial charge in [-0.25, -0.2) is 4.98 Å². The quantitative estimate of drug-likeness (QED) is 0.751. The summed E-state index contributed by atoms with van der Waals surface area (Å²) in [4.78, 5) is 12.7. The van der Waals surface area contributed by atoms with Crippen LogP contribution in [0.25, 0.3) is 11.2 Å². The maximum Gasteiger partial charge on any atom is 0.226 e. The van der Waals surface area contributed by atoms with Gasteiger partial charge >= 0.3 is 0 Å². The Morgan fingerprint density at radius 2 is 2.19 bits per heavy atom. The summed E-state index contributed by atoms with van der Waals surface area (Å²) in [5, 5.41) is 3.17. The number of nitrogens with one attached hydrogen (secondary N) is 1. The third-order valence-corrected chi connectivity index (χ3v) is 3.33. The molecule has 108 valence electrons. The number of hydrogen-bond acceptors (Lipinski definition) is 5. The van der Waals surface area contributed by atoms with Gasteiger partial charge in [-0.05, 0) is 29.3 Å². The monoisotopic (exact) mass is 303 g/mol. The van der Waals surface area contributed by atoms with Crippen molar-refractivity contribution in [1.82, 2.24) is 19.5 Å². The summed E-state index contributed by atoms with van der Waals surface area (Å²) in [5.74, 6) is 1.44. The molecule has 0 aliphatic rings. The normalized spacial score (nSPS) is 10.8. The minimum absolute atomic E-state index is 0.194. The molecular formula is C14H14ClN5O. The number of hydrogen-bond donors (Lipinski definition) is 1. The lowest BCUT2D eigenvalue weighted by Crippen LogP contribution is -2.02. The van der Waals surface area contributed by atoms with Gasteiger partial charge in [0.05, 0.1) is 20.0 Å². The first-order chi connectivity index (χ1) is 10.2. The first-order valence-electron chi connectivity index (χ1n) is 6.40. The highest BCUT2D eigenvalue weighted by atomic mass is 35.5. The van der Waals surface area contributed by atoms with E-state index in [0.29, 0.717) is 23.5 Å². The van der Waals surface area contributed by atoms with Crippen molar-refractivity contribution in [3.8, 4) is 5.75 Å².